The molecule has 124 valence electrons. The van der Waals surface area contributed by atoms with E-state index in [1.54, 1.807) is 7.11 Å². The van der Waals surface area contributed by atoms with Crippen LogP contribution in [-0.4, -0.2) is 51.5 Å². The number of ether oxygens (including phenoxy) is 3. The third-order valence-electron chi connectivity index (χ3n) is 4.04. The van der Waals surface area contributed by atoms with Crippen LogP contribution < -0.4 is 15.2 Å². The normalized spacial score (nSPS) is 17.2. The van der Waals surface area contributed by atoms with Gasteiger partial charge in [-0.1, -0.05) is 19.4 Å². The van der Waals surface area contributed by atoms with Crippen molar-refractivity contribution in [2.75, 3.05) is 46.6 Å². The number of hydrogen-bond donors (Lipinski definition) is 1. The lowest BCUT2D eigenvalue weighted by atomic mass is 10.0. The van der Waals surface area contributed by atoms with Gasteiger partial charge in [0.1, 0.15) is 0 Å². The van der Waals surface area contributed by atoms with Crippen molar-refractivity contribution >= 4 is 0 Å². The highest BCUT2D eigenvalue weighted by atomic mass is 16.5. The maximum absolute atomic E-state index is 6.01. The molecule has 1 unspecified atom stereocenters. The van der Waals surface area contributed by atoms with E-state index in [0.29, 0.717) is 6.54 Å². The lowest BCUT2D eigenvalue weighted by Gasteiger charge is -2.34. The summed E-state index contributed by atoms with van der Waals surface area (Å²) in [7, 11) is 1.68. The van der Waals surface area contributed by atoms with Gasteiger partial charge in [0, 0.05) is 25.7 Å². The molecule has 1 aliphatic rings. The molecule has 2 N–H and O–H groups in total. The summed E-state index contributed by atoms with van der Waals surface area (Å²) in [5, 5.41) is 0. The van der Waals surface area contributed by atoms with Crippen molar-refractivity contribution in [2.45, 2.75) is 25.8 Å². The Hall–Kier alpha value is -1.30. The second-order valence-corrected chi connectivity index (χ2v) is 5.51. The van der Waals surface area contributed by atoms with Gasteiger partial charge < -0.3 is 19.9 Å². The highest BCUT2D eigenvalue weighted by Gasteiger charge is 2.22. The Bertz CT molecular complexity index is 448. The summed E-state index contributed by atoms with van der Waals surface area (Å²) < 4.78 is 16.7. The summed E-state index contributed by atoms with van der Waals surface area (Å²) in [6, 6.07) is 6.33. The highest BCUT2D eigenvalue weighted by Crippen LogP contribution is 2.32. The van der Waals surface area contributed by atoms with E-state index >= 15 is 0 Å². The van der Waals surface area contributed by atoms with Gasteiger partial charge in [-0.2, -0.15) is 0 Å². The van der Waals surface area contributed by atoms with Gasteiger partial charge in [0.2, 0.25) is 0 Å². The maximum Gasteiger partial charge on any atom is 0.161 e. The van der Waals surface area contributed by atoms with Gasteiger partial charge in [-0.05, 0) is 24.1 Å². The maximum atomic E-state index is 6.01. The summed E-state index contributed by atoms with van der Waals surface area (Å²) in [4.78, 5) is 2.37. The van der Waals surface area contributed by atoms with Crippen LogP contribution in [0.4, 0.5) is 0 Å². The van der Waals surface area contributed by atoms with Crippen LogP contribution in [-0.2, 0) is 4.74 Å². The molecule has 0 bridgehead atoms. The molecule has 0 aliphatic carbocycles. The average molecular weight is 308 g/mol. The van der Waals surface area contributed by atoms with Gasteiger partial charge in [-0.15, -0.1) is 0 Å². The van der Waals surface area contributed by atoms with Crippen molar-refractivity contribution in [1.82, 2.24) is 4.90 Å². The molecule has 1 heterocycles. The Morgan fingerprint density at radius 2 is 2.05 bits per heavy atom. The molecule has 1 aliphatic heterocycles. The number of rotatable bonds is 8. The molecule has 0 radical (unpaired) electrons. The van der Waals surface area contributed by atoms with E-state index in [4.69, 9.17) is 19.9 Å². The lowest BCUT2D eigenvalue weighted by Crippen LogP contribution is -2.41. The predicted molar refractivity (Wildman–Crippen MR) is 87.6 cm³/mol. The van der Waals surface area contributed by atoms with Crippen LogP contribution in [0.3, 0.4) is 0 Å². The van der Waals surface area contributed by atoms with Crippen LogP contribution in [0.15, 0.2) is 18.2 Å². The molecule has 1 aromatic rings. The van der Waals surface area contributed by atoms with Gasteiger partial charge in [-0.3, -0.25) is 4.90 Å². The molecule has 5 heteroatoms. The first kappa shape index (κ1) is 17.1. The SMILES string of the molecule is CCCCOc1ccc(C(CN)N2CCOCC2)cc1OC. The lowest BCUT2D eigenvalue weighted by molar-refractivity contribution is 0.0178. The van der Waals surface area contributed by atoms with Crippen molar-refractivity contribution in [3.63, 3.8) is 0 Å². The van der Waals surface area contributed by atoms with Crippen LogP contribution in [0, 0.1) is 0 Å². The summed E-state index contributed by atoms with van der Waals surface area (Å²) in [5.41, 5.74) is 7.18. The van der Waals surface area contributed by atoms with Crippen molar-refractivity contribution in [3.05, 3.63) is 23.8 Å². The minimum Gasteiger partial charge on any atom is -0.493 e. The number of unbranched alkanes of at least 4 members (excludes halogenated alkanes) is 1. The van der Waals surface area contributed by atoms with Gasteiger partial charge in [-0.25, -0.2) is 0 Å². The third-order valence-corrected chi connectivity index (χ3v) is 4.04. The predicted octanol–water partition coefficient (Wildman–Crippen LogP) is 2.21. The van der Waals surface area contributed by atoms with Crippen LogP contribution in [0.5, 0.6) is 11.5 Å². The van der Waals surface area contributed by atoms with Crippen LogP contribution in [0.2, 0.25) is 0 Å². The van der Waals surface area contributed by atoms with Gasteiger partial charge >= 0.3 is 0 Å². The molecule has 5 nitrogen and oxygen atoms in total. The van der Waals surface area contributed by atoms with E-state index in [0.717, 1.165) is 57.3 Å². The number of morpholine rings is 1. The van der Waals surface area contributed by atoms with Crippen molar-refractivity contribution in [2.24, 2.45) is 5.73 Å². The molecule has 22 heavy (non-hydrogen) atoms. The van der Waals surface area contributed by atoms with E-state index in [2.05, 4.69) is 17.9 Å². The van der Waals surface area contributed by atoms with Crippen molar-refractivity contribution in [3.8, 4) is 11.5 Å². The second kappa shape index (κ2) is 8.98. The number of methoxy groups -OCH3 is 1. The van der Waals surface area contributed by atoms with Crippen LogP contribution in [0.25, 0.3) is 0 Å². The molecule has 0 spiro atoms. The van der Waals surface area contributed by atoms with E-state index < -0.39 is 0 Å². The molecule has 1 fully saturated rings. The fourth-order valence-electron chi connectivity index (χ4n) is 2.72. The second-order valence-electron chi connectivity index (χ2n) is 5.51. The smallest absolute Gasteiger partial charge is 0.161 e. The molecule has 0 saturated carbocycles. The Labute approximate surface area is 133 Å². The zero-order valence-corrected chi connectivity index (χ0v) is 13.7. The number of nitrogens with two attached hydrogens (primary N) is 1. The van der Waals surface area contributed by atoms with E-state index in [1.807, 2.05) is 12.1 Å². The molecule has 0 aromatic heterocycles. The van der Waals surface area contributed by atoms with Gasteiger partial charge in [0.25, 0.3) is 0 Å². The van der Waals surface area contributed by atoms with Gasteiger partial charge in [0.05, 0.1) is 26.9 Å². The minimum atomic E-state index is 0.197. The molecule has 1 atom stereocenters. The molecular weight excluding hydrogens is 280 g/mol. The largest absolute Gasteiger partial charge is 0.493 e. The van der Waals surface area contributed by atoms with Gasteiger partial charge in [0.15, 0.2) is 11.5 Å². The first-order chi connectivity index (χ1) is 10.8. The first-order valence-corrected chi connectivity index (χ1v) is 8.12. The number of benzene rings is 1. The fourth-order valence-corrected chi connectivity index (χ4v) is 2.72. The topological polar surface area (TPSA) is 57.0 Å². The molecule has 0 amide bonds. The number of hydrogen-bond acceptors (Lipinski definition) is 5. The molecule has 2 rings (SSSR count). The molecular formula is C17H28N2O3. The minimum absolute atomic E-state index is 0.197. The Morgan fingerprint density at radius 1 is 1.27 bits per heavy atom. The molecule has 1 saturated heterocycles. The fraction of sp³-hybridized carbons (Fsp3) is 0.647. The highest BCUT2D eigenvalue weighted by molar-refractivity contribution is 5.44. The Morgan fingerprint density at radius 3 is 2.68 bits per heavy atom. The summed E-state index contributed by atoms with van der Waals surface area (Å²) in [6.07, 6.45) is 2.16. The van der Waals surface area contributed by atoms with Crippen LogP contribution in [0.1, 0.15) is 31.4 Å². The Kier molecular flexibility index (Phi) is 6.96. The zero-order valence-electron chi connectivity index (χ0n) is 13.7. The quantitative estimate of drug-likeness (QED) is 0.746. The first-order valence-electron chi connectivity index (χ1n) is 8.12. The summed E-state index contributed by atoms with van der Waals surface area (Å²) >= 11 is 0. The number of nitrogens with zero attached hydrogens (tertiary/aromatic N) is 1. The molecule has 1 aromatic carbocycles. The Balaban J connectivity index is 2.12. The zero-order chi connectivity index (χ0) is 15.8. The summed E-state index contributed by atoms with van der Waals surface area (Å²) in [6.45, 7) is 6.82. The summed E-state index contributed by atoms with van der Waals surface area (Å²) in [5.74, 6) is 1.58. The third kappa shape index (κ3) is 4.35. The monoisotopic (exact) mass is 308 g/mol. The average Bonchev–Trinajstić information content (AvgIpc) is 2.57. The van der Waals surface area contributed by atoms with Crippen molar-refractivity contribution in [1.29, 1.82) is 0 Å². The van der Waals surface area contributed by atoms with E-state index in [9.17, 15) is 0 Å². The standard InChI is InChI=1S/C17H28N2O3/c1-3-4-9-22-16-6-5-14(12-17(16)20-2)15(13-18)19-7-10-21-11-8-19/h5-6,12,15H,3-4,7-11,13,18H2,1-2H3. The van der Waals surface area contributed by atoms with E-state index in [-0.39, 0.29) is 6.04 Å². The van der Waals surface area contributed by atoms with Crippen molar-refractivity contribution < 1.29 is 14.2 Å². The van der Waals surface area contributed by atoms with E-state index in [1.165, 1.54) is 5.56 Å². The van der Waals surface area contributed by atoms with Crippen LogP contribution >= 0.6 is 0 Å².